The summed E-state index contributed by atoms with van der Waals surface area (Å²) in [5.74, 6) is -1.48. The number of ketones is 1. The molecule has 0 aliphatic carbocycles. The first-order chi connectivity index (χ1) is 8.01. The first-order valence-corrected chi connectivity index (χ1v) is 5.51. The predicted octanol–water partition coefficient (Wildman–Crippen LogP) is 2.75. The van der Waals surface area contributed by atoms with Gasteiger partial charge in [0.15, 0.2) is 5.75 Å². The number of carbonyl (C=O) groups is 2. The van der Waals surface area contributed by atoms with Crippen molar-refractivity contribution in [3.8, 4) is 5.75 Å². The summed E-state index contributed by atoms with van der Waals surface area (Å²) >= 11 is 11.7. The van der Waals surface area contributed by atoms with Crippen LogP contribution in [-0.2, 0) is 9.53 Å². The maximum absolute atomic E-state index is 11.6. The molecule has 0 spiro atoms. The number of Topliss-reactive ketones (excluding diaryl/α,β-unsaturated/α-hetero) is 1. The van der Waals surface area contributed by atoms with Crippen molar-refractivity contribution in [3.63, 3.8) is 0 Å². The van der Waals surface area contributed by atoms with Crippen LogP contribution in [0.1, 0.15) is 17.3 Å². The molecule has 1 aromatic carbocycles. The quantitative estimate of drug-likeness (QED) is 0.482. The second-order valence-electron chi connectivity index (χ2n) is 3.02. The number of esters is 1. The molecule has 1 rings (SSSR count). The fourth-order valence-corrected chi connectivity index (χ4v) is 1.84. The molecule has 0 aromatic heterocycles. The Morgan fingerprint density at radius 3 is 2.18 bits per heavy atom. The Labute approximate surface area is 108 Å². The highest BCUT2D eigenvalue weighted by Gasteiger charge is 2.20. The van der Waals surface area contributed by atoms with Gasteiger partial charge in [0.25, 0.3) is 5.78 Å². The largest absolute Gasteiger partial charge is 0.494 e. The molecule has 0 N–H and O–H groups in total. The maximum atomic E-state index is 11.6. The van der Waals surface area contributed by atoms with Gasteiger partial charge in [-0.05, 0) is 19.1 Å². The number of hydrogen-bond acceptors (Lipinski definition) is 4. The zero-order valence-electron chi connectivity index (χ0n) is 9.25. The second kappa shape index (κ2) is 5.89. The zero-order valence-corrected chi connectivity index (χ0v) is 10.8. The van der Waals surface area contributed by atoms with Gasteiger partial charge in [-0.15, -0.1) is 0 Å². The molecule has 0 amide bonds. The molecule has 4 nitrogen and oxygen atoms in total. The molecule has 0 fully saturated rings. The highest BCUT2D eigenvalue weighted by atomic mass is 35.5. The monoisotopic (exact) mass is 276 g/mol. The molecule has 0 saturated heterocycles. The normalized spacial score (nSPS) is 9.88. The first-order valence-electron chi connectivity index (χ1n) is 4.75. The molecule has 0 heterocycles. The van der Waals surface area contributed by atoms with E-state index in [0.29, 0.717) is 0 Å². The van der Waals surface area contributed by atoms with E-state index in [0.717, 1.165) is 0 Å². The Hall–Kier alpha value is -1.26. The summed E-state index contributed by atoms with van der Waals surface area (Å²) in [5.41, 5.74) is 0.0688. The van der Waals surface area contributed by atoms with Crippen LogP contribution < -0.4 is 4.74 Å². The molecular formula is C11H10Cl2O4. The van der Waals surface area contributed by atoms with Gasteiger partial charge in [0.1, 0.15) is 0 Å². The van der Waals surface area contributed by atoms with Crippen LogP contribution in [0.3, 0.4) is 0 Å². The maximum Gasteiger partial charge on any atom is 0.379 e. The number of methoxy groups -OCH3 is 1. The van der Waals surface area contributed by atoms with E-state index in [1.165, 1.54) is 19.2 Å². The van der Waals surface area contributed by atoms with E-state index in [1.807, 2.05) is 0 Å². The van der Waals surface area contributed by atoms with E-state index in [2.05, 4.69) is 4.74 Å². The summed E-state index contributed by atoms with van der Waals surface area (Å²) in [6.07, 6.45) is 0. The fourth-order valence-electron chi connectivity index (χ4n) is 1.20. The van der Waals surface area contributed by atoms with Crippen molar-refractivity contribution in [2.75, 3.05) is 13.7 Å². The minimum absolute atomic E-state index is 0.0688. The van der Waals surface area contributed by atoms with E-state index in [1.54, 1.807) is 6.92 Å². The topological polar surface area (TPSA) is 52.6 Å². The molecule has 1 aromatic rings. The minimum atomic E-state index is -0.940. The van der Waals surface area contributed by atoms with Crippen molar-refractivity contribution in [2.45, 2.75) is 6.92 Å². The van der Waals surface area contributed by atoms with Crippen LogP contribution in [-0.4, -0.2) is 25.5 Å². The van der Waals surface area contributed by atoms with Crippen LogP contribution in [0.4, 0.5) is 0 Å². The minimum Gasteiger partial charge on any atom is -0.494 e. The summed E-state index contributed by atoms with van der Waals surface area (Å²) < 4.78 is 9.52. The lowest BCUT2D eigenvalue weighted by Gasteiger charge is -2.07. The molecule has 6 heteroatoms. The van der Waals surface area contributed by atoms with Crippen LogP contribution in [0.5, 0.6) is 5.75 Å². The van der Waals surface area contributed by atoms with E-state index in [9.17, 15) is 9.59 Å². The molecule has 92 valence electrons. The Kier molecular flexibility index (Phi) is 4.78. The van der Waals surface area contributed by atoms with Crippen LogP contribution in [0.15, 0.2) is 12.1 Å². The predicted molar refractivity (Wildman–Crippen MR) is 64.0 cm³/mol. The Morgan fingerprint density at radius 1 is 1.24 bits per heavy atom. The van der Waals surface area contributed by atoms with Crippen molar-refractivity contribution in [1.82, 2.24) is 0 Å². The SMILES string of the molecule is CCOC(=O)C(=O)c1cc(Cl)c(OC)c(Cl)c1. The van der Waals surface area contributed by atoms with Gasteiger partial charge in [-0.3, -0.25) is 4.79 Å². The van der Waals surface area contributed by atoms with Gasteiger partial charge in [0.05, 0.1) is 23.8 Å². The molecular weight excluding hydrogens is 267 g/mol. The standard InChI is InChI=1S/C11H10Cl2O4/c1-3-17-11(15)9(14)6-4-7(12)10(16-2)8(13)5-6/h4-5H,3H2,1-2H3. The van der Waals surface area contributed by atoms with Crippen LogP contribution in [0, 0.1) is 0 Å². The smallest absolute Gasteiger partial charge is 0.379 e. The molecule has 0 aliphatic heterocycles. The lowest BCUT2D eigenvalue weighted by Crippen LogP contribution is -2.17. The summed E-state index contributed by atoms with van der Waals surface area (Å²) in [4.78, 5) is 22.8. The summed E-state index contributed by atoms with van der Waals surface area (Å²) in [6, 6.07) is 2.62. The van der Waals surface area contributed by atoms with Gasteiger partial charge in [0.2, 0.25) is 0 Å². The van der Waals surface area contributed by atoms with Crippen LogP contribution in [0.25, 0.3) is 0 Å². The average Bonchev–Trinajstić information content (AvgIpc) is 2.27. The van der Waals surface area contributed by atoms with Crippen LogP contribution >= 0.6 is 23.2 Å². The van der Waals surface area contributed by atoms with Gasteiger partial charge in [-0.2, -0.15) is 0 Å². The third kappa shape index (κ3) is 3.11. The third-order valence-corrected chi connectivity index (χ3v) is 2.49. The number of ether oxygens (including phenoxy) is 2. The molecule has 0 aliphatic rings. The van der Waals surface area contributed by atoms with Gasteiger partial charge < -0.3 is 9.47 Å². The van der Waals surface area contributed by atoms with Gasteiger partial charge >= 0.3 is 5.97 Å². The zero-order chi connectivity index (χ0) is 13.0. The van der Waals surface area contributed by atoms with E-state index in [-0.39, 0.29) is 28.0 Å². The molecule has 0 saturated carbocycles. The van der Waals surface area contributed by atoms with Crippen molar-refractivity contribution in [2.24, 2.45) is 0 Å². The van der Waals surface area contributed by atoms with E-state index < -0.39 is 11.8 Å². The molecule has 0 unspecified atom stereocenters. The number of halogens is 2. The summed E-state index contributed by atoms with van der Waals surface area (Å²) in [7, 11) is 1.40. The number of carbonyl (C=O) groups excluding carboxylic acids is 2. The first kappa shape index (κ1) is 13.8. The Morgan fingerprint density at radius 2 is 1.76 bits per heavy atom. The lowest BCUT2D eigenvalue weighted by molar-refractivity contribution is -0.137. The highest BCUT2D eigenvalue weighted by Crippen LogP contribution is 2.33. The van der Waals surface area contributed by atoms with Gasteiger partial charge in [0, 0.05) is 5.56 Å². The van der Waals surface area contributed by atoms with Crippen molar-refractivity contribution in [3.05, 3.63) is 27.7 Å². The summed E-state index contributed by atoms with van der Waals surface area (Å²) in [5, 5.41) is 0.320. The molecule has 0 radical (unpaired) electrons. The Balaban J connectivity index is 3.08. The molecule has 17 heavy (non-hydrogen) atoms. The van der Waals surface area contributed by atoms with E-state index in [4.69, 9.17) is 27.9 Å². The molecule has 0 bridgehead atoms. The van der Waals surface area contributed by atoms with Crippen molar-refractivity contribution >= 4 is 35.0 Å². The fraction of sp³-hybridized carbons (Fsp3) is 0.273. The third-order valence-electron chi connectivity index (χ3n) is 1.93. The number of benzene rings is 1. The second-order valence-corrected chi connectivity index (χ2v) is 3.84. The van der Waals surface area contributed by atoms with Crippen molar-refractivity contribution in [1.29, 1.82) is 0 Å². The average molecular weight is 277 g/mol. The highest BCUT2D eigenvalue weighted by molar-refractivity contribution is 6.43. The summed E-state index contributed by atoms with van der Waals surface area (Å²) in [6.45, 7) is 1.74. The number of hydrogen-bond donors (Lipinski definition) is 0. The van der Waals surface area contributed by atoms with Gasteiger partial charge in [-0.1, -0.05) is 23.2 Å². The Bertz CT molecular complexity index is 434. The van der Waals surface area contributed by atoms with E-state index >= 15 is 0 Å². The number of rotatable bonds is 4. The molecule has 0 atom stereocenters. The van der Waals surface area contributed by atoms with Gasteiger partial charge in [-0.25, -0.2) is 4.79 Å². The lowest BCUT2D eigenvalue weighted by atomic mass is 10.1. The van der Waals surface area contributed by atoms with Crippen LogP contribution in [0.2, 0.25) is 10.0 Å². The van der Waals surface area contributed by atoms with Crippen molar-refractivity contribution < 1.29 is 19.1 Å².